The average molecular weight is 408 g/mol. The number of carbonyl (C=O) groups is 1. The smallest absolute Gasteiger partial charge is 0.225 e. The first-order valence-electron chi connectivity index (χ1n) is 7.80. The Kier molecular flexibility index (Phi) is 5.46. The zero-order chi connectivity index (χ0) is 18.8. The van der Waals surface area contributed by atoms with Crippen molar-refractivity contribution in [3.05, 3.63) is 45.0 Å². The van der Waals surface area contributed by atoms with Crippen molar-refractivity contribution < 1.29 is 9.90 Å². The molecule has 5 nitrogen and oxygen atoms in total. The quantitative estimate of drug-likeness (QED) is 0.641. The lowest BCUT2D eigenvalue weighted by Crippen LogP contribution is -2.27. The molecule has 134 valence electrons. The second-order valence-electron chi connectivity index (χ2n) is 5.47. The third-order valence-corrected chi connectivity index (χ3v) is 5.22. The van der Waals surface area contributed by atoms with Crippen molar-refractivity contribution in [3.63, 3.8) is 0 Å². The highest BCUT2D eigenvalue weighted by molar-refractivity contribution is 7.14. The van der Waals surface area contributed by atoms with E-state index in [1.807, 2.05) is 12.3 Å². The third kappa shape index (κ3) is 3.67. The molecule has 0 aliphatic carbocycles. The SMILES string of the molecule is CCN(C(C)=O)c1nc(/C=C/c2ccc3c(Cl)cc(Cl)c(O)c3n2)cs1. The van der Waals surface area contributed by atoms with Crippen LogP contribution in [-0.2, 0) is 4.79 Å². The van der Waals surface area contributed by atoms with E-state index in [0.717, 1.165) is 5.69 Å². The van der Waals surface area contributed by atoms with Gasteiger partial charge in [-0.25, -0.2) is 9.97 Å². The molecule has 0 aliphatic rings. The molecule has 26 heavy (non-hydrogen) atoms. The fourth-order valence-corrected chi connectivity index (χ4v) is 3.87. The number of aromatic hydroxyl groups is 1. The van der Waals surface area contributed by atoms with Gasteiger partial charge in [0.1, 0.15) is 5.52 Å². The molecule has 3 aromatic rings. The van der Waals surface area contributed by atoms with Crippen LogP contribution in [0.1, 0.15) is 25.2 Å². The van der Waals surface area contributed by atoms with E-state index in [9.17, 15) is 9.90 Å². The summed E-state index contributed by atoms with van der Waals surface area (Å²) in [6.45, 7) is 3.99. The summed E-state index contributed by atoms with van der Waals surface area (Å²) in [5.74, 6) is -0.143. The molecule has 1 aromatic carbocycles. The predicted octanol–water partition coefficient (Wildman–Crippen LogP) is 5.25. The Bertz CT molecular complexity index is 1020. The van der Waals surface area contributed by atoms with Gasteiger partial charge in [0.05, 0.1) is 21.4 Å². The summed E-state index contributed by atoms with van der Waals surface area (Å²) in [6.07, 6.45) is 3.57. The minimum atomic E-state index is -0.0997. The maximum Gasteiger partial charge on any atom is 0.225 e. The van der Waals surface area contributed by atoms with Gasteiger partial charge in [-0.1, -0.05) is 23.2 Å². The lowest BCUT2D eigenvalue weighted by Gasteiger charge is -2.14. The second-order valence-corrected chi connectivity index (χ2v) is 7.12. The number of carbonyl (C=O) groups excluding carboxylic acids is 1. The predicted molar refractivity (Wildman–Crippen MR) is 108 cm³/mol. The number of phenols is 1. The molecular weight excluding hydrogens is 393 g/mol. The molecule has 0 aliphatic heterocycles. The van der Waals surface area contributed by atoms with E-state index >= 15 is 0 Å². The van der Waals surface area contributed by atoms with Crippen LogP contribution < -0.4 is 4.90 Å². The average Bonchev–Trinajstić information content (AvgIpc) is 3.06. The van der Waals surface area contributed by atoms with Crippen LogP contribution in [0.15, 0.2) is 23.6 Å². The molecular formula is C18H15Cl2N3O2S. The number of phenolic OH excluding ortho intramolecular Hbond substituents is 1. The number of hydrogen-bond acceptors (Lipinski definition) is 5. The van der Waals surface area contributed by atoms with E-state index < -0.39 is 0 Å². The first-order valence-corrected chi connectivity index (χ1v) is 9.43. The summed E-state index contributed by atoms with van der Waals surface area (Å²) in [4.78, 5) is 22.1. The van der Waals surface area contributed by atoms with Gasteiger partial charge in [-0.2, -0.15) is 0 Å². The van der Waals surface area contributed by atoms with Gasteiger partial charge in [0, 0.05) is 24.2 Å². The number of benzene rings is 1. The molecule has 0 saturated carbocycles. The highest BCUT2D eigenvalue weighted by Crippen LogP contribution is 2.36. The molecule has 0 unspecified atom stereocenters. The van der Waals surface area contributed by atoms with Crippen LogP contribution in [0.25, 0.3) is 23.1 Å². The Morgan fingerprint density at radius 1 is 1.23 bits per heavy atom. The van der Waals surface area contributed by atoms with Gasteiger partial charge in [0.2, 0.25) is 5.91 Å². The minimum absolute atomic E-state index is 0.0437. The molecule has 0 saturated heterocycles. The van der Waals surface area contributed by atoms with Crippen molar-refractivity contribution >= 4 is 68.6 Å². The van der Waals surface area contributed by atoms with Crippen molar-refractivity contribution in [1.29, 1.82) is 0 Å². The van der Waals surface area contributed by atoms with Crippen LogP contribution in [-0.4, -0.2) is 27.5 Å². The molecule has 2 heterocycles. The van der Waals surface area contributed by atoms with Crippen LogP contribution in [0.3, 0.4) is 0 Å². The van der Waals surface area contributed by atoms with Crippen LogP contribution in [0.4, 0.5) is 5.13 Å². The number of amides is 1. The van der Waals surface area contributed by atoms with Crippen LogP contribution in [0.2, 0.25) is 10.0 Å². The molecule has 0 atom stereocenters. The van der Waals surface area contributed by atoms with Crippen LogP contribution in [0, 0.1) is 0 Å². The Hall–Kier alpha value is -2.15. The van der Waals surface area contributed by atoms with Crippen molar-refractivity contribution in [3.8, 4) is 5.75 Å². The number of aromatic nitrogens is 2. The molecule has 1 amide bonds. The largest absolute Gasteiger partial charge is 0.504 e. The monoisotopic (exact) mass is 407 g/mol. The number of hydrogen-bond donors (Lipinski definition) is 1. The number of fused-ring (bicyclic) bond motifs is 1. The van der Waals surface area contributed by atoms with Crippen LogP contribution >= 0.6 is 34.5 Å². The summed E-state index contributed by atoms with van der Waals surface area (Å²) in [6, 6.07) is 5.06. The van der Waals surface area contributed by atoms with Gasteiger partial charge in [0.15, 0.2) is 10.9 Å². The molecule has 3 rings (SSSR count). The Morgan fingerprint density at radius 2 is 1.96 bits per heavy atom. The number of nitrogens with zero attached hydrogens (tertiary/aromatic N) is 3. The number of pyridine rings is 1. The minimum Gasteiger partial charge on any atom is -0.504 e. The molecule has 8 heteroatoms. The molecule has 2 aromatic heterocycles. The fourth-order valence-electron chi connectivity index (χ4n) is 2.45. The highest BCUT2D eigenvalue weighted by atomic mass is 35.5. The van der Waals surface area contributed by atoms with E-state index in [1.54, 1.807) is 29.2 Å². The lowest BCUT2D eigenvalue weighted by molar-refractivity contribution is -0.116. The summed E-state index contributed by atoms with van der Waals surface area (Å²) < 4.78 is 0. The van der Waals surface area contributed by atoms with E-state index in [2.05, 4.69) is 9.97 Å². The summed E-state index contributed by atoms with van der Waals surface area (Å²) in [5, 5.41) is 13.8. The standard InChI is InChI=1S/C18H15Cl2N3O2S/c1-3-23(10(2)24)18-22-12(9-26-18)5-4-11-6-7-13-14(19)8-15(20)17(25)16(13)21-11/h4-9,25H,3H2,1-2H3/b5-4+. The number of rotatable bonds is 4. The molecule has 0 radical (unpaired) electrons. The van der Waals surface area contributed by atoms with Crippen LogP contribution in [0.5, 0.6) is 5.75 Å². The topological polar surface area (TPSA) is 66.3 Å². The van der Waals surface area contributed by atoms with Gasteiger partial charge in [-0.05, 0) is 37.3 Å². The normalized spacial score (nSPS) is 11.4. The number of thiazole rings is 1. The molecule has 0 spiro atoms. The Balaban J connectivity index is 1.91. The number of halogens is 2. The third-order valence-electron chi connectivity index (χ3n) is 3.74. The first-order chi connectivity index (χ1) is 12.4. The van der Waals surface area contributed by atoms with Gasteiger partial charge < -0.3 is 5.11 Å². The molecule has 1 N–H and O–H groups in total. The number of anilines is 1. The van der Waals surface area contributed by atoms with Gasteiger partial charge in [0.25, 0.3) is 0 Å². The van der Waals surface area contributed by atoms with E-state index in [-0.39, 0.29) is 16.7 Å². The van der Waals surface area contributed by atoms with Gasteiger partial charge in [-0.15, -0.1) is 11.3 Å². The van der Waals surface area contributed by atoms with Crippen molar-refractivity contribution in [2.24, 2.45) is 0 Å². The lowest BCUT2D eigenvalue weighted by atomic mass is 10.2. The van der Waals surface area contributed by atoms with Crippen molar-refractivity contribution in [2.45, 2.75) is 13.8 Å². The van der Waals surface area contributed by atoms with E-state index in [1.165, 1.54) is 24.3 Å². The second kappa shape index (κ2) is 7.61. The van der Waals surface area contributed by atoms with Gasteiger partial charge in [-0.3, -0.25) is 9.69 Å². The maximum absolute atomic E-state index is 11.6. The van der Waals surface area contributed by atoms with E-state index in [4.69, 9.17) is 23.2 Å². The maximum atomic E-state index is 11.6. The Morgan fingerprint density at radius 3 is 2.65 bits per heavy atom. The zero-order valence-corrected chi connectivity index (χ0v) is 16.4. The first kappa shape index (κ1) is 18.6. The van der Waals surface area contributed by atoms with Gasteiger partial charge >= 0.3 is 0 Å². The summed E-state index contributed by atoms with van der Waals surface area (Å²) in [5.41, 5.74) is 1.69. The Labute approximate surface area is 164 Å². The van der Waals surface area contributed by atoms with E-state index in [0.29, 0.717) is 33.3 Å². The van der Waals surface area contributed by atoms with Crippen molar-refractivity contribution in [1.82, 2.24) is 9.97 Å². The summed E-state index contributed by atoms with van der Waals surface area (Å²) >= 11 is 13.5. The van der Waals surface area contributed by atoms with Crippen molar-refractivity contribution in [2.75, 3.05) is 11.4 Å². The fraction of sp³-hybridized carbons (Fsp3) is 0.167. The summed E-state index contributed by atoms with van der Waals surface area (Å²) in [7, 11) is 0. The molecule has 0 bridgehead atoms. The zero-order valence-electron chi connectivity index (χ0n) is 14.0. The molecule has 0 fully saturated rings. The highest BCUT2D eigenvalue weighted by Gasteiger charge is 2.13.